The summed E-state index contributed by atoms with van der Waals surface area (Å²) in [5.74, 6) is 0.0300. The van der Waals surface area contributed by atoms with E-state index in [1.165, 1.54) is 0 Å². The van der Waals surface area contributed by atoms with Crippen LogP contribution in [-0.4, -0.2) is 17.9 Å². The van der Waals surface area contributed by atoms with Crippen LogP contribution in [0, 0.1) is 5.41 Å². The molecular formula is C7H10N4. The normalized spacial score (nSPS) is 9.18. The lowest BCUT2D eigenvalue weighted by Gasteiger charge is -2.04. The SMILES string of the molecule is CNc1ccncc1C(=N)N. The quantitative estimate of drug-likeness (QED) is 0.422. The molecule has 0 spiro atoms. The number of hydrogen-bond donors (Lipinski definition) is 3. The highest BCUT2D eigenvalue weighted by Crippen LogP contribution is 2.10. The maximum atomic E-state index is 7.18. The molecule has 0 aromatic carbocycles. The molecule has 0 amide bonds. The van der Waals surface area contributed by atoms with E-state index < -0.39 is 0 Å². The van der Waals surface area contributed by atoms with Gasteiger partial charge in [-0.1, -0.05) is 0 Å². The molecule has 0 fully saturated rings. The van der Waals surface area contributed by atoms with Crippen molar-refractivity contribution in [2.24, 2.45) is 5.73 Å². The summed E-state index contributed by atoms with van der Waals surface area (Å²) in [6.07, 6.45) is 3.21. The van der Waals surface area contributed by atoms with Gasteiger partial charge in [0.25, 0.3) is 0 Å². The third-order valence-corrected chi connectivity index (χ3v) is 1.38. The number of aromatic nitrogens is 1. The molecule has 4 nitrogen and oxygen atoms in total. The Bertz CT molecular complexity index is 269. The van der Waals surface area contributed by atoms with Gasteiger partial charge in [-0.15, -0.1) is 0 Å². The predicted octanol–water partition coefficient (Wildman–Crippen LogP) is 0.407. The van der Waals surface area contributed by atoms with Crippen LogP contribution in [0.2, 0.25) is 0 Å². The number of rotatable bonds is 2. The lowest BCUT2D eigenvalue weighted by atomic mass is 10.2. The van der Waals surface area contributed by atoms with E-state index in [2.05, 4.69) is 10.3 Å². The van der Waals surface area contributed by atoms with E-state index in [1.54, 1.807) is 25.5 Å². The molecular weight excluding hydrogens is 140 g/mol. The van der Waals surface area contributed by atoms with Crippen molar-refractivity contribution in [2.45, 2.75) is 0 Å². The monoisotopic (exact) mass is 150 g/mol. The highest BCUT2D eigenvalue weighted by molar-refractivity contribution is 5.99. The molecule has 11 heavy (non-hydrogen) atoms. The minimum absolute atomic E-state index is 0.0300. The Morgan fingerprint density at radius 3 is 2.91 bits per heavy atom. The molecule has 0 radical (unpaired) electrons. The van der Waals surface area contributed by atoms with Crippen molar-refractivity contribution in [1.29, 1.82) is 5.41 Å². The van der Waals surface area contributed by atoms with Crippen LogP contribution in [0.3, 0.4) is 0 Å². The molecule has 0 atom stereocenters. The molecule has 0 aliphatic carbocycles. The number of pyridine rings is 1. The standard InChI is InChI=1S/C7H10N4/c1-10-6-2-3-11-4-5(6)7(8)9/h2-4H,1H3,(H3,8,9)(H,10,11). The Kier molecular flexibility index (Phi) is 2.06. The molecule has 58 valence electrons. The van der Waals surface area contributed by atoms with Crippen LogP contribution in [0.1, 0.15) is 5.56 Å². The Balaban J connectivity index is 3.12. The fourth-order valence-electron chi connectivity index (χ4n) is 0.827. The second-order valence-electron chi connectivity index (χ2n) is 2.08. The lowest BCUT2D eigenvalue weighted by Crippen LogP contribution is -2.13. The fraction of sp³-hybridized carbons (Fsp3) is 0.143. The zero-order valence-corrected chi connectivity index (χ0v) is 6.26. The average Bonchev–Trinajstić information content (AvgIpc) is 2.04. The third kappa shape index (κ3) is 1.46. The summed E-state index contributed by atoms with van der Waals surface area (Å²) in [6.45, 7) is 0. The summed E-state index contributed by atoms with van der Waals surface area (Å²) in [5.41, 5.74) is 6.75. The summed E-state index contributed by atoms with van der Waals surface area (Å²) >= 11 is 0. The van der Waals surface area contributed by atoms with E-state index >= 15 is 0 Å². The van der Waals surface area contributed by atoms with E-state index in [-0.39, 0.29) is 5.84 Å². The van der Waals surface area contributed by atoms with E-state index in [0.29, 0.717) is 5.56 Å². The Hall–Kier alpha value is -1.58. The smallest absolute Gasteiger partial charge is 0.126 e. The summed E-state index contributed by atoms with van der Waals surface area (Å²) in [7, 11) is 1.78. The lowest BCUT2D eigenvalue weighted by molar-refractivity contribution is 1.28. The molecule has 1 aromatic rings. The first-order valence-corrected chi connectivity index (χ1v) is 3.22. The average molecular weight is 150 g/mol. The number of nitrogens with zero attached hydrogens (tertiary/aromatic N) is 1. The van der Waals surface area contributed by atoms with Crippen LogP contribution in [0.4, 0.5) is 5.69 Å². The molecule has 4 N–H and O–H groups in total. The first kappa shape index (κ1) is 7.53. The van der Waals surface area contributed by atoms with Gasteiger partial charge >= 0.3 is 0 Å². The van der Waals surface area contributed by atoms with Crippen molar-refractivity contribution in [3.63, 3.8) is 0 Å². The molecule has 0 saturated carbocycles. The van der Waals surface area contributed by atoms with Crippen molar-refractivity contribution in [3.05, 3.63) is 24.0 Å². The number of nitrogens with two attached hydrogens (primary N) is 1. The number of nitrogens with one attached hydrogen (secondary N) is 2. The molecule has 1 heterocycles. The number of nitrogen functional groups attached to an aromatic ring is 1. The summed E-state index contributed by atoms with van der Waals surface area (Å²) in [5, 5.41) is 10.1. The molecule has 1 rings (SSSR count). The van der Waals surface area contributed by atoms with Crippen LogP contribution in [0.25, 0.3) is 0 Å². The van der Waals surface area contributed by atoms with Gasteiger partial charge in [0.15, 0.2) is 0 Å². The van der Waals surface area contributed by atoms with Gasteiger partial charge < -0.3 is 11.1 Å². The number of hydrogen-bond acceptors (Lipinski definition) is 3. The van der Waals surface area contributed by atoms with E-state index in [0.717, 1.165) is 5.69 Å². The molecule has 0 bridgehead atoms. The summed E-state index contributed by atoms with van der Waals surface area (Å²) in [4.78, 5) is 3.85. The van der Waals surface area contributed by atoms with Crippen LogP contribution in [0.5, 0.6) is 0 Å². The first-order valence-electron chi connectivity index (χ1n) is 3.22. The predicted molar refractivity (Wildman–Crippen MR) is 44.8 cm³/mol. The number of anilines is 1. The topological polar surface area (TPSA) is 74.8 Å². The number of amidine groups is 1. The van der Waals surface area contributed by atoms with Gasteiger partial charge in [-0.05, 0) is 6.07 Å². The van der Waals surface area contributed by atoms with Gasteiger partial charge in [-0.25, -0.2) is 0 Å². The summed E-state index contributed by atoms with van der Waals surface area (Å²) in [6, 6.07) is 1.77. The second kappa shape index (κ2) is 3.01. The third-order valence-electron chi connectivity index (χ3n) is 1.38. The second-order valence-corrected chi connectivity index (χ2v) is 2.08. The van der Waals surface area contributed by atoms with Crippen LogP contribution < -0.4 is 11.1 Å². The van der Waals surface area contributed by atoms with Crippen molar-refractivity contribution in [1.82, 2.24) is 4.98 Å². The largest absolute Gasteiger partial charge is 0.387 e. The van der Waals surface area contributed by atoms with Gasteiger partial charge in [0.2, 0.25) is 0 Å². The molecule has 1 aromatic heterocycles. The van der Waals surface area contributed by atoms with Crippen molar-refractivity contribution >= 4 is 11.5 Å². The van der Waals surface area contributed by atoms with Crippen molar-refractivity contribution in [2.75, 3.05) is 12.4 Å². The fourth-order valence-corrected chi connectivity index (χ4v) is 0.827. The molecule has 4 heteroatoms. The maximum absolute atomic E-state index is 7.18. The Morgan fingerprint density at radius 1 is 1.73 bits per heavy atom. The van der Waals surface area contributed by atoms with Crippen LogP contribution in [-0.2, 0) is 0 Å². The van der Waals surface area contributed by atoms with Crippen LogP contribution in [0.15, 0.2) is 18.5 Å². The van der Waals surface area contributed by atoms with Gasteiger partial charge in [0.1, 0.15) is 5.84 Å². The Labute approximate surface area is 65.0 Å². The molecule has 0 aliphatic rings. The highest BCUT2D eigenvalue weighted by atomic mass is 14.9. The van der Waals surface area contributed by atoms with Gasteiger partial charge in [-0.2, -0.15) is 0 Å². The van der Waals surface area contributed by atoms with Gasteiger partial charge in [0, 0.05) is 25.1 Å². The minimum Gasteiger partial charge on any atom is -0.387 e. The minimum atomic E-state index is 0.0300. The van der Waals surface area contributed by atoms with E-state index in [1.807, 2.05) is 0 Å². The zero-order chi connectivity index (χ0) is 8.27. The van der Waals surface area contributed by atoms with Crippen LogP contribution >= 0.6 is 0 Å². The zero-order valence-electron chi connectivity index (χ0n) is 6.26. The van der Waals surface area contributed by atoms with Crippen molar-refractivity contribution in [3.8, 4) is 0 Å². The summed E-state index contributed by atoms with van der Waals surface area (Å²) < 4.78 is 0. The molecule has 0 aliphatic heterocycles. The molecule has 0 unspecified atom stereocenters. The maximum Gasteiger partial charge on any atom is 0.126 e. The first-order chi connectivity index (χ1) is 5.25. The highest BCUT2D eigenvalue weighted by Gasteiger charge is 2.01. The molecule has 0 saturated heterocycles. The van der Waals surface area contributed by atoms with E-state index in [9.17, 15) is 0 Å². The van der Waals surface area contributed by atoms with Crippen molar-refractivity contribution < 1.29 is 0 Å². The Morgan fingerprint density at radius 2 is 2.45 bits per heavy atom. The van der Waals surface area contributed by atoms with Gasteiger partial charge in [-0.3, -0.25) is 10.4 Å². The van der Waals surface area contributed by atoms with Gasteiger partial charge in [0.05, 0.1) is 5.56 Å². The van der Waals surface area contributed by atoms with E-state index in [4.69, 9.17) is 11.1 Å².